The number of anilines is 1. The van der Waals surface area contributed by atoms with Crippen molar-refractivity contribution in [1.82, 2.24) is 4.98 Å². The van der Waals surface area contributed by atoms with Gasteiger partial charge in [0, 0.05) is 16.8 Å². The average molecular weight is 382 g/mol. The van der Waals surface area contributed by atoms with E-state index >= 15 is 0 Å². The zero-order valence-electron chi connectivity index (χ0n) is 15.2. The van der Waals surface area contributed by atoms with Crippen molar-refractivity contribution >= 4 is 45.3 Å². The third kappa shape index (κ3) is 3.38. The third-order valence-corrected chi connectivity index (χ3v) is 5.14. The Balaban J connectivity index is 1.56. The number of aromatic nitrogens is 1. The average Bonchev–Trinajstić information content (AvgIpc) is 3.18. The van der Waals surface area contributed by atoms with Crippen LogP contribution in [0.3, 0.4) is 0 Å². The van der Waals surface area contributed by atoms with Crippen molar-refractivity contribution in [2.24, 2.45) is 0 Å². The van der Waals surface area contributed by atoms with E-state index in [1.165, 1.54) is 11.8 Å². The second-order valence-corrected chi connectivity index (χ2v) is 7.03. The van der Waals surface area contributed by atoms with E-state index in [2.05, 4.69) is 10.3 Å². The van der Waals surface area contributed by atoms with Crippen LogP contribution >= 0.6 is 11.8 Å². The fourth-order valence-electron chi connectivity index (χ4n) is 2.84. The molecular formula is C20H18N2O4S. The topological polar surface area (TPSA) is 77.5 Å². The lowest BCUT2D eigenvalue weighted by molar-refractivity contribution is -0.113. The van der Waals surface area contributed by atoms with Gasteiger partial charge in [0.1, 0.15) is 22.7 Å². The highest BCUT2D eigenvalue weighted by atomic mass is 32.2. The molecule has 2 aromatic carbocycles. The van der Waals surface area contributed by atoms with Crippen LogP contribution in [0.4, 0.5) is 5.69 Å². The van der Waals surface area contributed by atoms with E-state index in [0.717, 1.165) is 27.8 Å². The predicted molar refractivity (Wildman–Crippen MR) is 106 cm³/mol. The molecule has 2 heterocycles. The number of carbonyl (C=O) groups is 1. The molecule has 4 aromatic rings. The first-order valence-electron chi connectivity index (χ1n) is 8.41. The van der Waals surface area contributed by atoms with E-state index in [1.807, 2.05) is 44.2 Å². The van der Waals surface area contributed by atoms with Crippen LogP contribution in [-0.4, -0.2) is 23.8 Å². The van der Waals surface area contributed by atoms with Crippen molar-refractivity contribution in [3.63, 3.8) is 0 Å². The summed E-state index contributed by atoms with van der Waals surface area (Å²) in [5, 5.41) is 5.31. The van der Waals surface area contributed by atoms with Crippen LogP contribution < -0.4 is 10.1 Å². The minimum Gasteiger partial charge on any atom is -0.495 e. The third-order valence-electron chi connectivity index (χ3n) is 4.31. The molecule has 0 fully saturated rings. The Hall–Kier alpha value is -2.93. The Morgan fingerprint density at radius 1 is 1.15 bits per heavy atom. The maximum atomic E-state index is 12.4. The van der Waals surface area contributed by atoms with E-state index in [-0.39, 0.29) is 11.7 Å². The quantitative estimate of drug-likeness (QED) is 0.493. The summed E-state index contributed by atoms with van der Waals surface area (Å²) in [4.78, 5) is 16.6. The van der Waals surface area contributed by atoms with Gasteiger partial charge in [0.15, 0.2) is 0 Å². The van der Waals surface area contributed by atoms with Gasteiger partial charge in [-0.15, -0.1) is 0 Å². The molecule has 0 aliphatic rings. The Labute approximate surface area is 159 Å². The lowest BCUT2D eigenvalue weighted by Crippen LogP contribution is -2.14. The van der Waals surface area contributed by atoms with Crippen LogP contribution in [0.1, 0.15) is 11.5 Å². The number of nitrogens with one attached hydrogen (secondary N) is 1. The molecule has 4 rings (SSSR count). The molecule has 6 nitrogen and oxygen atoms in total. The molecule has 0 atom stereocenters. The monoisotopic (exact) mass is 382 g/mol. The van der Waals surface area contributed by atoms with Gasteiger partial charge < -0.3 is 18.9 Å². The summed E-state index contributed by atoms with van der Waals surface area (Å²) in [5.41, 5.74) is 2.88. The number of hydrogen-bond acceptors (Lipinski definition) is 6. The van der Waals surface area contributed by atoms with Gasteiger partial charge in [0.2, 0.25) is 5.91 Å². The van der Waals surface area contributed by atoms with Crippen molar-refractivity contribution < 1.29 is 18.4 Å². The van der Waals surface area contributed by atoms with E-state index in [4.69, 9.17) is 13.6 Å². The molecule has 0 saturated carbocycles. The molecule has 1 amide bonds. The van der Waals surface area contributed by atoms with Gasteiger partial charge in [-0.3, -0.25) is 4.79 Å². The Bertz CT molecular complexity index is 1130. The smallest absolute Gasteiger partial charge is 0.256 e. The summed E-state index contributed by atoms with van der Waals surface area (Å²) in [6.07, 6.45) is 0. The number of methoxy groups -OCH3 is 1. The van der Waals surface area contributed by atoms with Crippen molar-refractivity contribution in [2.75, 3.05) is 18.2 Å². The number of thioether (sulfide) groups is 1. The summed E-state index contributed by atoms with van der Waals surface area (Å²) in [6.45, 7) is 3.72. The number of carbonyl (C=O) groups excluding carboxylic acids is 1. The SMILES string of the molecule is COc1cc2c(cc1NC(=O)CSc1nc(C)c(C)o1)oc1ccccc12. The highest BCUT2D eigenvalue weighted by Crippen LogP contribution is 2.36. The zero-order valence-corrected chi connectivity index (χ0v) is 16.0. The zero-order chi connectivity index (χ0) is 19.0. The predicted octanol–water partition coefficient (Wildman–Crippen LogP) is 4.93. The summed E-state index contributed by atoms with van der Waals surface area (Å²) in [5.74, 6) is 1.34. The molecule has 27 heavy (non-hydrogen) atoms. The van der Waals surface area contributed by atoms with E-state index in [1.54, 1.807) is 13.2 Å². The van der Waals surface area contributed by atoms with Crippen LogP contribution in [0.2, 0.25) is 0 Å². The Morgan fingerprint density at radius 2 is 1.96 bits per heavy atom. The number of furan rings is 1. The van der Waals surface area contributed by atoms with E-state index < -0.39 is 0 Å². The maximum Gasteiger partial charge on any atom is 0.256 e. The molecule has 0 aliphatic heterocycles. The lowest BCUT2D eigenvalue weighted by atomic mass is 10.1. The fraction of sp³-hybridized carbons (Fsp3) is 0.200. The van der Waals surface area contributed by atoms with Crippen molar-refractivity contribution in [3.8, 4) is 5.75 Å². The van der Waals surface area contributed by atoms with E-state index in [0.29, 0.717) is 22.2 Å². The first kappa shape index (κ1) is 17.5. The first-order valence-corrected chi connectivity index (χ1v) is 9.39. The number of aryl methyl sites for hydroxylation is 2. The largest absolute Gasteiger partial charge is 0.495 e. The van der Waals surface area contributed by atoms with Crippen LogP contribution in [-0.2, 0) is 4.79 Å². The van der Waals surface area contributed by atoms with Gasteiger partial charge in [-0.25, -0.2) is 4.98 Å². The first-order chi connectivity index (χ1) is 13.0. The molecule has 138 valence electrons. The van der Waals surface area contributed by atoms with Crippen LogP contribution in [0.5, 0.6) is 5.75 Å². The highest BCUT2D eigenvalue weighted by molar-refractivity contribution is 7.99. The maximum absolute atomic E-state index is 12.4. The molecule has 0 radical (unpaired) electrons. The summed E-state index contributed by atoms with van der Waals surface area (Å²) < 4.78 is 16.8. The lowest BCUT2D eigenvalue weighted by Gasteiger charge is -2.09. The number of nitrogens with zero attached hydrogens (tertiary/aromatic N) is 1. The second kappa shape index (κ2) is 7.00. The van der Waals surface area contributed by atoms with Gasteiger partial charge in [-0.1, -0.05) is 30.0 Å². The van der Waals surface area contributed by atoms with E-state index in [9.17, 15) is 4.79 Å². The van der Waals surface area contributed by atoms with Crippen LogP contribution in [0.15, 0.2) is 50.5 Å². The number of amides is 1. The number of hydrogen-bond donors (Lipinski definition) is 1. The normalized spacial score (nSPS) is 11.2. The van der Waals surface area contributed by atoms with Gasteiger partial charge in [-0.2, -0.15) is 0 Å². The van der Waals surface area contributed by atoms with Crippen molar-refractivity contribution in [2.45, 2.75) is 19.1 Å². The molecule has 1 N–H and O–H groups in total. The Morgan fingerprint density at radius 3 is 2.70 bits per heavy atom. The molecule has 0 aliphatic carbocycles. The summed E-state index contributed by atoms with van der Waals surface area (Å²) in [7, 11) is 1.58. The van der Waals surface area contributed by atoms with Crippen LogP contribution in [0.25, 0.3) is 21.9 Å². The minimum absolute atomic E-state index is 0.178. The molecule has 0 spiro atoms. The van der Waals surface area contributed by atoms with Gasteiger partial charge in [-0.05, 0) is 26.0 Å². The number of para-hydroxylation sites is 1. The number of benzene rings is 2. The highest BCUT2D eigenvalue weighted by Gasteiger charge is 2.15. The van der Waals surface area contributed by atoms with Gasteiger partial charge >= 0.3 is 0 Å². The summed E-state index contributed by atoms with van der Waals surface area (Å²) >= 11 is 1.25. The molecule has 7 heteroatoms. The molecule has 0 unspecified atom stereocenters. The van der Waals surface area contributed by atoms with Gasteiger partial charge in [0.05, 0.1) is 24.2 Å². The molecule has 0 bridgehead atoms. The Kier molecular flexibility index (Phi) is 4.53. The minimum atomic E-state index is -0.178. The number of rotatable bonds is 5. The standard InChI is InChI=1S/C20H18N2O4S/c1-11-12(2)25-20(21-11)27-10-19(23)22-15-9-17-14(8-18(15)24-3)13-6-4-5-7-16(13)26-17/h4-9H,10H2,1-3H3,(H,22,23). The van der Waals surface area contributed by atoms with Crippen molar-refractivity contribution in [1.29, 1.82) is 0 Å². The summed E-state index contributed by atoms with van der Waals surface area (Å²) in [6, 6.07) is 11.5. The number of oxazole rings is 1. The second-order valence-electron chi connectivity index (χ2n) is 6.11. The molecular weight excluding hydrogens is 364 g/mol. The molecule has 0 saturated heterocycles. The van der Waals surface area contributed by atoms with Crippen LogP contribution in [0, 0.1) is 13.8 Å². The number of fused-ring (bicyclic) bond motifs is 3. The molecule has 2 aromatic heterocycles. The van der Waals surface area contributed by atoms with Gasteiger partial charge in [0.25, 0.3) is 5.22 Å². The number of ether oxygens (including phenoxy) is 1. The van der Waals surface area contributed by atoms with Crippen molar-refractivity contribution in [3.05, 3.63) is 47.9 Å². The fourth-order valence-corrected chi connectivity index (χ4v) is 3.55.